The lowest BCUT2D eigenvalue weighted by Crippen LogP contribution is -2.12. The number of benzene rings is 2. The number of nitrogens with one attached hydrogen (secondary N) is 1. The van der Waals surface area contributed by atoms with Crippen LogP contribution in [0.1, 0.15) is 13.8 Å². The highest BCUT2D eigenvalue weighted by molar-refractivity contribution is 6.29. The number of carbonyl (C=O) groups is 1. The number of rotatable bonds is 6. The fourth-order valence-corrected chi connectivity index (χ4v) is 2.50. The zero-order chi connectivity index (χ0) is 19.4. The molecule has 1 amide bonds. The Bertz CT molecular complexity index is 941. The number of aromatic nitrogens is 3. The molecule has 0 bridgehead atoms. The lowest BCUT2D eigenvalue weighted by atomic mass is 10.2. The summed E-state index contributed by atoms with van der Waals surface area (Å²) in [4.78, 5) is 15.8. The fourth-order valence-electron chi connectivity index (χ4n) is 2.43. The van der Waals surface area contributed by atoms with Crippen LogP contribution in [0.5, 0.6) is 6.01 Å². The quantitative estimate of drug-likeness (QED) is 0.647. The Kier molecular flexibility index (Phi) is 5.71. The average molecular weight is 389 g/mol. The van der Waals surface area contributed by atoms with E-state index in [4.69, 9.17) is 16.3 Å². The molecule has 0 aliphatic carbocycles. The fraction of sp³-hybridized carbons (Fsp3) is 0.211. The van der Waals surface area contributed by atoms with Gasteiger partial charge in [0.05, 0.1) is 11.8 Å². The summed E-state index contributed by atoms with van der Waals surface area (Å²) >= 11 is 5.50. The second kappa shape index (κ2) is 8.18. The normalized spacial score (nSPS) is 10.9. The minimum Gasteiger partial charge on any atom is -0.460 e. The van der Waals surface area contributed by atoms with E-state index in [-0.39, 0.29) is 29.7 Å². The average Bonchev–Trinajstić information content (AvgIpc) is 3.05. The van der Waals surface area contributed by atoms with Gasteiger partial charge in [0, 0.05) is 11.3 Å². The van der Waals surface area contributed by atoms with Crippen molar-refractivity contribution in [3.63, 3.8) is 0 Å². The van der Waals surface area contributed by atoms with Gasteiger partial charge in [0.1, 0.15) is 11.7 Å². The predicted molar refractivity (Wildman–Crippen MR) is 102 cm³/mol. The third-order valence-electron chi connectivity index (χ3n) is 3.53. The molecule has 0 aliphatic rings. The number of alkyl halides is 1. The first-order valence-corrected chi connectivity index (χ1v) is 8.85. The van der Waals surface area contributed by atoms with E-state index in [1.54, 1.807) is 41.1 Å². The highest BCUT2D eigenvalue weighted by Crippen LogP contribution is 2.25. The smallest absolute Gasteiger partial charge is 0.336 e. The van der Waals surface area contributed by atoms with E-state index >= 15 is 0 Å². The van der Waals surface area contributed by atoms with Crippen LogP contribution in [0.4, 0.5) is 10.1 Å². The van der Waals surface area contributed by atoms with E-state index in [1.807, 2.05) is 13.8 Å². The molecule has 3 aromatic rings. The molecule has 8 heteroatoms. The minimum absolute atomic E-state index is 0.102. The van der Waals surface area contributed by atoms with Crippen molar-refractivity contribution in [3.8, 4) is 23.1 Å². The van der Waals surface area contributed by atoms with Crippen LogP contribution in [0.2, 0.25) is 0 Å². The van der Waals surface area contributed by atoms with Gasteiger partial charge in [-0.1, -0.05) is 12.1 Å². The molecule has 0 saturated heterocycles. The first-order chi connectivity index (χ1) is 13.0. The number of halogens is 2. The summed E-state index contributed by atoms with van der Waals surface area (Å²) < 4.78 is 20.8. The van der Waals surface area contributed by atoms with Crippen LogP contribution in [-0.2, 0) is 4.79 Å². The van der Waals surface area contributed by atoms with Gasteiger partial charge in [0.25, 0.3) is 0 Å². The van der Waals surface area contributed by atoms with E-state index in [2.05, 4.69) is 15.4 Å². The van der Waals surface area contributed by atoms with Gasteiger partial charge < -0.3 is 10.1 Å². The highest BCUT2D eigenvalue weighted by atomic mass is 35.5. The molecule has 0 atom stereocenters. The first kappa shape index (κ1) is 18.8. The van der Waals surface area contributed by atoms with Crippen molar-refractivity contribution in [1.29, 1.82) is 0 Å². The topological polar surface area (TPSA) is 69.0 Å². The molecule has 0 radical (unpaired) electrons. The van der Waals surface area contributed by atoms with Gasteiger partial charge in [0.2, 0.25) is 5.91 Å². The van der Waals surface area contributed by atoms with Gasteiger partial charge in [-0.3, -0.25) is 4.79 Å². The molecule has 6 nitrogen and oxygen atoms in total. The third-order valence-corrected chi connectivity index (χ3v) is 3.77. The van der Waals surface area contributed by atoms with Crippen molar-refractivity contribution < 1.29 is 13.9 Å². The molecule has 27 heavy (non-hydrogen) atoms. The van der Waals surface area contributed by atoms with Crippen molar-refractivity contribution in [2.24, 2.45) is 0 Å². The molecule has 0 unspecified atom stereocenters. The van der Waals surface area contributed by atoms with Crippen LogP contribution in [0, 0.1) is 5.82 Å². The number of hydrogen-bond donors (Lipinski definition) is 1. The second-order valence-corrected chi connectivity index (χ2v) is 6.30. The molecule has 140 valence electrons. The van der Waals surface area contributed by atoms with Gasteiger partial charge in [0.15, 0.2) is 5.82 Å². The molecule has 0 spiro atoms. The second-order valence-electron chi connectivity index (χ2n) is 6.04. The summed E-state index contributed by atoms with van der Waals surface area (Å²) in [6.45, 7) is 3.74. The number of amides is 1. The Morgan fingerprint density at radius 2 is 2.00 bits per heavy atom. The van der Waals surface area contributed by atoms with Crippen molar-refractivity contribution in [3.05, 3.63) is 54.3 Å². The Morgan fingerprint density at radius 3 is 2.63 bits per heavy atom. The number of carbonyl (C=O) groups excluding carboxylic acids is 1. The van der Waals surface area contributed by atoms with Gasteiger partial charge in [-0.15, -0.1) is 16.7 Å². The highest BCUT2D eigenvalue weighted by Gasteiger charge is 2.16. The monoisotopic (exact) mass is 388 g/mol. The van der Waals surface area contributed by atoms with Crippen molar-refractivity contribution >= 4 is 23.2 Å². The molecule has 0 fully saturated rings. The van der Waals surface area contributed by atoms with E-state index in [0.29, 0.717) is 22.8 Å². The first-order valence-electron chi connectivity index (χ1n) is 8.32. The van der Waals surface area contributed by atoms with E-state index in [0.717, 1.165) is 0 Å². The van der Waals surface area contributed by atoms with Crippen molar-refractivity contribution in [2.45, 2.75) is 20.0 Å². The number of ether oxygens (including phenoxy) is 1. The lowest BCUT2D eigenvalue weighted by Gasteiger charge is -2.08. The zero-order valence-corrected chi connectivity index (χ0v) is 15.6. The Morgan fingerprint density at radius 1 is 1.26 bits per heavy atom. The number of hydrogen-bond acceptors (Lipinski definition) is 4. The summed E-state index contributed by atoms with van der Waals surface area (Å²) in [6, 6.07) is 13.3. The molecule has 0 saturated carbocycles. The van der Waals surface area contributed by atoms with E-state index in [9.17, 15) is 9.18 Å². The van der Waals surface area contributed by atoms with Crippen LogP contribution in [-0.4, -0.2) is 32.7 Å². The van der Waals surface area contributed by atoms with Crippen LogP contribution < -0.4 is 10.1 Å². The van der Waals surface area contributed by atoms with E-state index < -0.39 is 0 Å². The van der Waals surface area contributed by atoms with Gasteiger partial charge >= 0.3 is 6.01 Å². The Hall–Kier alpha value is -2.93. The maximum atomic E-state index is 13.7. The van der Waals surface area contributed by atoms with Crippen LogP contribution in [0.3, 0.4) is 0 Å². The number of anilines is 1. The van der Waals surface area contributed by atoms with E-state index in [1.165, 1.54) is 12.1 Å². The molecule has 2 aromatic carbocycles. The summed E-state index contributed by atoms with van der Waals surface area (Å²) in [7, 11) is 0. The van der Waals surface area contributed by atoms with Crippen LogP contribution >= 0.6 is 11.6 Å². The summed E-state index contributed by atoms with van der Waals surface area (Å²) in [5.41, 5.74) is 1.86. The molecule has 0 aliphatic heterocycles. The maximum absolute atomic E-state index is 13.7. The molecule has 1 aromatic heterocycles. The largest absolute Gasteiger partial charge is 0.460 e. The Balaban J connectivity index is 2.00. The minimum atomic E-state index is -0.368. The van der Waals surface area contributed by atoms with Crippen molar-refractivity contribution in [2.75, 3.05) is 11.2 Å². The molecular formula is C19H18ClFN4O2. The SMILES string of the molecule is CC(C)Oc1nc(-c2cccc(F)c2)n(-c2ccc(NC(=O)CCl)cc2)n1. The maximum Gasteiger partial charge on any atom is 0.336 e. The van der Waals surface area contributed by atoms with Crippen LogP contribution in [0.15, 0.2) is 48.5 Å². The van der Waals surface area contributed by atoms with Gasteiger partial charge in [-0.05, 0) is 50.2 Å². The molecule has 1 heterocycles. The van der Waals surface area contributed by atoms with Crippen molar-refractivity contribution in [1.82, 2.24) is 14.8 Å². The predicted octanol–water partition coefficient (Wildman–Crippen LogP) is 4.04. The summed E-state index contributed by atoms with van der Waals surface area (Å²) in [6.07, 6.45) is -0.102. The molecule has 3 rings (SSSR count). The lowest BCUT2D eigenvalue weighted by molar-refractivity contribution is -0.113. The third kappa shape index (κ3) is 4.62. The van der Waals surface area contributed by atoms with Gasteiger partial charge in [-0.2, -0.15) is 4.98 Å². The summed E-state index contributed by atoms with van der Waals surface area (Å²) in [5.74, 6) is -0.335. The standard InChI is InChI=1S/C19H18ClFN4O2/c1-12(2)27-19-23-18(13-4-3-5-14(21)10-13)25(24-19)16-8-6-15(7-9-16)22-17(26)11-20/h3-10,12H,11H2,1-2H3,(H,22,26). The molecule has 1 N–H and O–H groups in total. The van der Waals surface area contributed by atoms with Gasteiger partial charge in [-0.25, -0.2) is 9.07 Å². The number of nitrogens with zero attached hydrogens (tertiary/aromatic N) is 3. The summed E-state index contributed by atoms with van der Waals surface area (Å²) in [5, 5.41) is 7.05. The molecular weight excluding hydrogens is 371 g/mol. The van der Waals surface area contributed by atoms with Crippen LogP contribution in [0.25, 0.3) is 17.1 Å². The Labute approximate surface area is 160 Å². The zero-order valence-electron chi connectivity index (χ0n) is 14.8.